The molecule has 5 fully saturated rings. The Morgan fingerprint density at radius 1 is 0.670 bits per heavy atom. The lowest BCUT2D eigenvalue weighted by molar-refractivity contribution is -0.341. The number of carbonyl (C=O) groups excluding carboxylic acids is 1. The molecule has 0 spiro atoms. The summed E-state index contributed by atoms with van der Waals surface area (Å²) in [7, 11) is 3.34. The second-order valence-electron chi connectivity index (χ2n) is 27.0. The molecule has 12 atom stereocenters. The van der Waals surface area contributed by atoms with Crippen molar-refractivity contribution in [2.75, 3.05) is 93.5 Å². The van der Waals surface area contributed by atoms with E-state index in [9.17, 15) is 4.79 Å². The topological polar surface area (TPSA) is 156 Å². The third-order valence-corrected chi connectivity index (χ3v) is 20.2. The molecule has 2 heterocycles. The van der Waals surface area contributed by atoms with Gasteiger partial charge in [-0.1, -0.05) is 122 Å². The molecule has 2 aromatic carbocycles. The third kappa shape index (κ3) is 22.5. The fourth-order valence-electron chi connectivity index (χ4n) is 15.1. The van der Waals surface area contributed by atoms with Crippen LogP contribution in [-0.4, -0.2) is 124 Å². The molecule has 8 unspecified atom stereocenters. The molecule has 16 nitrogen and oxygen atoms in total. The minimum Gasteiger partial charge on any atom is -0.498 e. The molecule has 8 rings (SSSR count). The summed E-state index contributed by atoms with van der Waals surface area (Å²) in [5.41, 5.74) is 4.78. The molecule has 2 saturated heterocycles. The Morgan fingerprint density at radius 2 is 1.36 bits per heavy atom. The van der Waals surface area contributed by atoms with Gasteiger partial charge in [0.25, 0.3) is 0 Å². The van der Waals surface area contributed by atoms with Crippen LogP contribution in [0, 0.1) is 52.3 Å². The van der Waals surface area contributed by atoms with Crippen molar-refractivity contribution in [3.63, 3.8) is 0 Å². The van der Waals surface area contributed by atoms with Crippen LogP contribution >= 0.6 is 0 Å². The molecule has 91 heavy (non-hydrogen) atoms. The van der Waals surface area contributed by atoms with Crippen LogP contribution in [0.3, 0.4) is 0 Å². The first-order valence-corrected chi connectivity index (χ1v) is 34.4. The number of hydrogen-bond acceptors (Lipinski definition) is 16. The number of benzene rings is 2. The van der Waals surface area contributed by atoms with Crippen LogP contribution in [0.2, 0.25) is 0 Å². The minimum atomic E-state index is -0.556. The van der Waals surface area contributed by atoms with Crippen LogP contribution in [0.5, 0.6) is 5.75 Å². The predicted octanol–water partition coefficient (Wildman–Crippen LogP) is 16.1. The third-order valence-electron chi connectivity index (χ3n) is 20.2. The average Bonchev–Trinajstić information content (AvgIpc) is 1.70. The summed E-state index contributed by atoms with van der Waals surface area (Å²) in [4.78, 5) is 44.5. The highest BCUT2D eigenvalue weighted by atomic mass is 17.2. The predicted molar refractivity (Wildman–Crippen MR) is 353 cm³/mol. The number of rotatable bonds is 43. The molecule has 16 heteroatoms. The Morgan fingerprint density at radius 3 is 2.11 bits per heavy atom. The zero-order valence-corrected chi connectivity index (χ0v) is 56.6. The van der Waals surface area contributed by atoms with Crippen LogP contribution < -0.4 is 4.74 Å². The fraction of sp³-hybridized carbons (Fsp3) is 0.693. The first-order chi connectivity index (χ1) is 44.2. The van der Waals surface area contributed by atoms with Gasteiger partial charge in [-0.25, -0.2) is 24.3 Å². The van der Waals surface area contributed by atoms with Crippen LogP contribution in [-0.2, 0) is 73.8 Å². The molecule has 2 aromatic rings. The zero-order valence-electron chi connectivity index (χ0n) is 56.6. The number of unbranched alkanes of at least 4 members (excludes halogenated alkanes) is 3. The Bertz CT molecular complexity index is 2500. The van der Waals surface area contributed by atoms with E-state index in [1.165, 1.54) is 64.2 Å². The van der Waals surface area contributed by atoms with Crippen molar-refractivity contribution in [1.29, 1.82) is 0 Å². The molecule has 0 radical (unpaired) electrons. The fourth-order valence-corrected chi connectivity index (χ4v) is 15.1. The van der Waals surface area contributed by atoms with Gasteiger partial charge in [0, 0.05) is 64.8 Å². The highest BCUT2D eigenvalue weighted by Gasteiger charge is 2.59. The molecule has 2 aliphatic heterocycles. The van der Waals surface area contributed by atoms with Crippen molar-refractivity contribution in [1.82, 2.24) is 0 Å². The van der Waals surface area contributed by atoms with Crippen LogP contribution in [0.25, 0.3) is 5.76 Å². The van der Waals surface area contributed by atoms with E-state index >= 15 is 0 Å². The average molecular weight is 1270 g/mol. The summed E-state index contributed by atoms with van der Waals surface area (Å²) in [6, 6.07) is 14.7. The quantitative estimate of drug-likeness (QED) is 0.0154. The Labute approximate surface area is 546 Å². The molecule has 0 N–H and O–H groups in total. The Balaban J connectivity index is 0.000000263. The van der Waals surface area contributed by atoms with E-state index in [1.54, 1.807) is 50.1 Å². The molecule has 0 aromatic heterocycles. The number of esters is 1. The van der Waals surface area contributed by atoms with Gasteiger partial charge in [0.2, 0.25) is 0 Å². The maximum atomic E-state index is 12.9. The van der Waals surface area contributed by atoms with Crippen LogP contribution in [0.4, 0.5) is 0 Å². The molecule has 4 aliphatic carbocycles. The van der Waals surface area contributed by atoms with Crippen molar-refractivity contribution < 1.29 is 76.8 Å². The van der Waals surface area contributed by atoms with Gasteiger partial charge < -0.3 is 47.5 Å². The Kier molecular flexibility index (Phi) is 31.9. The van der Waals surface area contributed by atoms with E-state index in [-0.39, 0.29) is 19.8 Å². The van der Waals surface area contributed by atoms with Gasteiger partial charge in [0.15, 0.2) is 6.10 Å². The van der Waals surface area contributed by atoms with Crippen molar-refractivity contribution in [3.8, 4) is 5.75 Å². The van der Waals surface area contributed by atoms with Crippen LogP contribution in [0.15, 0.2) is 104 Å². The molecule has 3 saturated carbocycles. The number of hydrogen-bond donors (Lipinski definition) is 0. The van der Waals surface area contributed by atoms with Gasteiger partial charge >= 0.3 is 5.97 Å². The normalized spacial score (nSPS) is 26.6. The number of carbonyl (C=O) groups is 1. The smallest absolute Gasteiger partial charge is 0.338 e. The van der Waals surface area contributed by atoms with E-state index in [4.69, 9.17) is 72.0 Å². The van der Waals surface area contributed by atoms with Crippen molar-refractivity contribution >= 4 is 11.7 Å². The molecular formula is C75H114O16. The largest absolute Gasteiger partial charge is 0.498 e. The van der Waals surface area contributed by atoms with Crippen molar-refractivity contribution in [2.24, 2.45) is 52.3 Å². The van der Waals surface area contributed by atoms with E-state index in [2.05, 4.69) is 67.0 Å². The van der Waals surface area contributed by atoms with Gasteiger partial charge in [0.05, 0.1) is 64.2 Å². The monoisotopic (exact) mass is 1270 g/mol. The second kappa shape index (κ2) is 39.3. The SMILES string of the molecule is C=C(CCOC)OOCCCOC(=C)[C@H]1CC[C@@]2(C)C(=CCC3C4CCC(C(C)CCCC(C)C)[C@@]4(C)CCC32)C1.C=CCOOCCCCCCOc1ccc(COO[C@@H]2COC3C(OC(=O)c4ccc(C(=C)OCCCOCCCOC)cc4)COC32)cc1. The second-order valence-corrected chi connectivity index (χ2v) is 27.0. The van der Waals surface area contributed by atoms with E-state index in [1.807, 2.05) is 24.3 Å². The summed E-state index contributed by atoms with van der Waals surface area (Å²) in [5, 5.41) is 0. The summed E-state index contributed by atoms with van der Waals surface area (Å²) in [6.45, 7) is 34.9. The number of fused-ring (bicyclic) bond motifs is 6. The lowest BCUT2D eigenvalue weighted by Gasteiger charge is -2.58. The number of methoxy groups -OCH3 is 2. The van der Waals surface area contributed by atoms with Crippen LogP contribution in [0.1, 0.15) is 178 Å². The van der Waals surface area contributed by atoms with Crippen molar-refractivity contribution in [3.05, 3.63) is 121 Å². The summed E-state index contributed by atoms with van der Waals surface area (Å²) in [5.74, 6) is 8.19. The molecule has 0 amide bonds. The summed E-state index contributed by atoms with van der Waals surface area (Å²) >= 11 is 0. The van der Waals surface area contributed by atoms with Gasteiger partial charge in [-0.2, -0.15) is 4.89 Å². The van der Waals surface area contributed by atoms with E-state index in [0.29, 0.717) is 106 Å². The maximum Gasteiger partial charge on any atom is 0.338 e. The van der Waals surface area contributed by atoms with Gasteiger partial charge in [-0.05, 0) is 153 Å². The maximum absolute atomic E-state index is 12.9. The zero-order chi connectivity index (χ0) is 64.9. The number of ether oxygens (including phenoxy) is 9. The molecule has 510 valence electrons. The first kappa shape index (κ1) is 73.8. The molecule has 6 aliphatic rings. The lowest BCUT2D eigenvalue weighted by Crippen LogP contribution is -2.50. The highest BCUT2D eigenvalue weighted by molar-refractivity contribution is 5.90. The summed E-state index contributed by atoms with van der Waals surface area (Å²) < 4.78 is 50.8. The standard InChI is InChI=1S/C38H52O12.C37H62O4/c1-4-19-46-47-25-8-6-5-7-23-43-33-17-11-30(12-18-33)26-48-50-35-28-45-36-34(27-44-37(35)36)49-38(39)32-15-13-31(14-16-32)29(2)42-24-10-22-41-21-9-20-40-3;1-26(2)11-9-12-27(3)33-15-16-34-32-14-13-31-25-30(17-20-36(31,6)35(32)18-21-37(33,34)7)29(5)39-22-10-23-40-41-28(4)19-24-38-8/h4,11-18,34-37H,1-2,5-10,19-28H2,3H3;13,26-27,30,32-35H,4-5,9-12,14-25H2,1-3,6-8H3/t34?,35-,36?,37?;27?,30-,32?,33?,34?,35?,36-,37+/m10/s1. The van der Waals surface area contributed by atoms with Crippen molar-refractivity contribution in [2.45, 2.75) is 188 Å². The van der Waals surface area contributed by atoms with Gasteiger partial charge in [-0.15, -0.1) is 6.58 Å². The lowest BCUT2D eigenvalue weighted by atomic mass is 9.46. The van der Waals surface area contributed by atoms with E-state index < -0.39 is 30.4 Å². The van der Waals surface area contributed by atoms with Gasteiger partial charge in [-0.3, -0.25) is 0 Å². The molecular weight excluding hydrogens is 1160 g/mol. The van der Waals surface area contributed by atoms with Gasteiger partial charge in [0.1, 0.15) is 48.8 Å². The molecule has 0 bridgehead atoms. The minimum absolute atomic E-state index is 0.209. The highest BCUT2D eigenvalue weighted by Crippen LogP contribution is 2.68. The first-order valence-electron chi connectivity index (χ1n) is 34.4. The Hall–Kier alpha value is -4.59. The summed E-state index contributed by atoms with van der Waals surface area (Å²) in [6.07, 6.45) is 24.5. The number of allylic oxidation sites excluding steroid dienone is 3. The van der Waals surface area contributed by atoms with E-state index in [0.717, 1.165) is 110 Å².